The van der Waals surface area contributed by atoms with Crippen LogP contribution in [0.2, 0.25) is 0 Å². The van der Waals surface area contributed by atoms with Crippen LogP contribution >= 0.6 is 0 Å². The van der Waals surface area contributed by atoms with Crippen molar-refractivity contribution in [2.75, 3.05) is 14.2 Å². The number of carbonyl (C=O) groups is 5. The van der Waals surface area contributed by atoms with Crippen molar-refractivity contribution >= 4 is 29.8 Å². The molecule has 16 rings (SSSR count). The van der Waals surface area contributed by atoms with Crippen molar-refractivity contribution in [3.05, 3.63) is 48.3 Å². The van der Waals surface area contributed by atoms with E-state index >= 15 is 0 Å². The molecule has 2 aromatic heterocycles. The first kappa shape index (κ1) is 55.1. The first-order chi connectivity index (χ1) is 38.7. The molecule has 83 heavy (non-hydrogen) atoms. The van der Waals surface area contributed by atoms with Gasteiger partial charge in [-0.25, -0.2) is 0 Å². The Morgan fingerprint density at radius 2 is 1.01 bits per heavy atom. The smallest absolute Gasteiger partial charge is 0.306 e. The van der Waals surface area contributed by atoms with Gasteiger partial charge < -0.3 is 86.5 Å². The Balaban J connectivity index is 0.000000142. The number of rotatable bonds is 9. The maximum Gasteiger partial charge on any atom is 0.306 e. The van der Waals surface area contributed by atoms with E-state index in [1.54, 1.807) is 26.0 Å². The molecule has 0 radical (unpaired) electrons. The average Bonchev–Trinajstić information content (AvgIpc) is 1.39. The van der Waals surface area contributed by atoms with Gasteiger partial charge in [-0.2, -0.15) is 0 Å². The average molecular weight is 1160 g/mol. The van der Waals surface area contributed by atoms with Crippen LogP contribution in [-0.4, -0.2) is 151 Å². The summed E-state index contributed by atoms with van der Waals surface area (Å²) in [7, 11) is 2.65. The zero-order valence-corrected chi connectivity index (χ0v) is 48.4. The molecule has 6 spiro atoms. The second-order valence-corrected chi connectivity index (χ2v) is 28.9. The zero-order valence-electron chi connectivity index (χ0n) is 48.4. The molecule has 0 amide bonds. The standard InChI is InChI=1S/C31H38O12.C29H36O11/c1-15(32)39-21(16-7-10-38-13-16)24(2)8-9-28-26(4)17(11-19(33)37-6)25(3)14-29(26)30(36,22(25)35)23-31(28,18(24)12-20(34)40-23)43-27(5,41-28)42-29;1-22(19(32)14-6-9-36-12-14)7-8-26-24(3)15(10-17(30)35-5)23(2)13-27(24)28(34,20(23)33)21-29(26,16(22)11-18(31)37-21)40-25(4,38-26)39-27/h7,10,13,17-18,21-23,35-36H,8-9,11-12,14H2,1-6H3;6,9,12,15-16,19-21,32-34H,7-8,10-11,13H2,1-5H3. The summed E-state index contributed by atoms with van der Waals surface area (Å²) in [6, 6.07) is 3.41. The van der Waals surface area contributed by atoms with E-state index in [1.165, 1.54) is 46.2 Å². The largest absolute Gasteiger partial charge is 0.472 e. The van der Waals surface area contributed by atoms with E-state index in [4.69, 9.17) is 60.9 Å². The van der Waals surface area contributed by atoms with Crippen LogP contribution in [0.5, 0.6) is 0 Å². The molecule has 6 aliphatic heterocycles. The van der Waals surface area contributed by atoms with Crippen LogP contribution in [-0.2, 0) is 76.1 Å². The fraction of sp³-hybridized carbons (Fsp3) is 0.783. The Morgan fingerprint density at radius 1 is 0.602 bits per heavy atom. The van der Waals surface area contributed by atoms with Crippen LogP contribution in [0.25, 0.3) is 0 Å². The van der Waals surface area contributed by atoms with E-state index in [2.05, 4.69) is 0 Å². The SMILES string of the molecule is COC(=O)CC1C2(C)CC34OC5(C)OC67C(CC(=O)OC6C3(O)C2O)C(C)(C(O)c2ccoc2)CCC7(O5)C14C.COC(=O)CC1C2(C)CC34OC5(C)OC67C(CC(=O)OC6C3(O)C2O)C(C)(C(OC(C)=O)c2ccoc2)CCC7(O5)C14C. The van der Waals surface area contributed by atoms with Crippen LogP contribution < -0.4 is 0 Å². The highest BCUT2D eigenvalue weighted by molar-refractivity contribution is 5.76. The van der Waals surface area contributed by atoms with Crippen molar-refractivity contribution in [1.29, 1.82) is 0 Å². The minimum atomic E-state index is -2.10. The van der Waals surface area contributed by atoms with E-state index in [-0.39, 0.29) is 38.5 Å². The van der Waals surface area contributed by atoms with Gasteiger partial charge in [0, 0.05) is 89.1 Å². The van der Waals surface area contributed by atoms with Crippen molar-refractivity contribution in [2.45, 2.75) is 220 Å². The van der Waals surface area contributed by atoms with Crippen LogP contribution in [0.4, 0.5) is 0 Å². The molecule has 6 saturated heterocycles. The summed E-state index contributed by atoms with van der Waals surface area (Å²) in [5, 5.41) is 62.0. The van der Waals surface area contributed by atoms with Crippen LogP contribution in [0.3, 0.4) is 0 Å². The van der Waals surface area contributed by atoms with Gasteiger partial charge in [-0.1, -0.05) is 41.5 Å². The summed E-state index contributed by atoms with van der Waals surface area (Å²) >= 11 is 0. The summed E-state index contributed by atoms with van der Waals surface area (Å²) in [5.74, 6) is -8.33. The summed E-state index contributed by atoms with van der Waals surface area (Å²) in [5.41, 5.74) is -17.4. The third-order valence-electron chi connectivity index (χ3n) is 26.3. The zero-order chi connectivity index (χ0) is 59.3. The molecule has 14 aliphatic rings. The number of furan rings is 2. The van der Waals surface area contributed by atoms with Gasteiger partial charge in [0.15, 0.2) is 23.4 Å². The minimum Gasteiger partial charge on any atom is -0.472 e. The summed E-state index contributed by atoms with van der Waals surface area (Å²) in [6.07, 6.45) is 0.237. The molecule has 8 saturated carbocycles. The molecule has 8 heterocycles. The van der Waals surface area contributed by atoms with Crippen molar-refractivity contribution < 1.29 is 110 Å². The quantitative estimate of drug-likeness (QED) is 0.175. The Kier molecular flexibility index (Phi) is 10.2. The third kappa shape index (κ3) is 5.19. The lowest BCUT2D eigenvalue weighted by atomic mass is 9.33. The minimum absolute atomic E-state index is 0.0241. The summed E-state index contributed by atoms with van der Waals surface area (Å²) in [6.45, 7) is 16.1. The topological polar surface area (TPSA) is 314 Å². The van der Waals surface area contributed by atoms with Gasteiger partial charge in [-0.15, -0.1) is 0 Å². The predicted octanol–water partition coefficient (Wildman–Crippen LogP) is 4.02. The fourth-order valence-corrected chi connectivity index (χ4v) is 23.7. The van der Waals surface area contributed by atoms with Gasteiger partial charge in [0.05, 0.1) is 70.4 Å². The van der Waals surface area contributed by atoms with Crippen molar-refractivity contribution in [1.82, 2.24) is 0 Å². The van der Waals surface area contributed by atoms with Gasteiger partial charge in [0.1, 0.15) is 39.7 Å². The fourth-order valence-electron chi connectivity index (χ4n) is 23.7. The lowest BCUT2D eigenvalue weighted by molar-refractivity contribution is -0.479. The van der Waals surface area contributed by atoms with Crippen LogP contribution in [0, 0.1) is 56.2 Å². The first-order valence-corrected chi connectivity index (χ1v) is 29.1. The number of esters is 5. The third-order valence-corrected chi connectivity index (χ3v) is 26.3. The molecule has 14 fully saturated rings. The number of carbonyl (C=O) groups excluding carboxylic acids is 5. The molecular weight excluding hydrogens is 1090 g/mol. The molecule has 8 bridgehead atoms. The predicted molar refractivity (Wildman–Crippen MR) is 271 cm³/mol. The van der Waals surface area contributed by atoms with Crippen LogP contribution in [0.15, 0.2) is 46.0 Å². The molecule has 23 nitrogen and oxygen atoms in total. The number of methoxy groups -OCH3 is 2. The monoisotopic (exact) mass is 1160 g/mol. The molecule has 8 aliphatic carbocycles. The lowest BCUT2D eigenvalue weighted by Crippen LogP contribution is -2.94. The van der Waals surface area contributed by atoms with Gasteiger partial charge in [-0.3, -0.25) is 24.0 Å². The normalized spacial score (nSPS) is 57.2. The van der Waals surface area contributed by atoms with E-state index < -0.39 is 179 Å². The second kappa shape index (κ2) is 15.4. The number of hydrogen-bond acceptors (Lipinski definition) is 23. The number of hydrogen-bond donors (Lipinski definition) is 5. The van der Waals surface area contributed by atoms with E-state index in [9.17, 15) is 49.5 Å². The highest BCUT2D eigenvalue weighted by atomic mass is 16.9. The van der Waals surface area contributed by atoms with Gasteiger partial charge in [0.2, 0.25) is 0 Å². The molecule has 0 aromatic carbocycles. The molecule has 26 atom stereocenters. The van der Waals surface area contributed by atoms with Gasteiger partial charge >= 0.3 is 29.8 Å². The molecule has 23 heteroatoms. The Bertz CT molecular complexity index is 3230. The number of aliphatic hydroxyl groups excluding tert-OH is 3. The maximum absolute atomic E-state index is 13.6. The Hall–Kier alpha value is -4.53. The maximum atomic E-state index is 13.6. The van der Waals surface area contributed by atoms with Gasteiger partial charge in [0.25, 0.3) is 11.9 Å². The lowest BCUT2D eigenvalue weighted by Gasteiger charge is -2.77. The molecule has 5 N–H and O–H groups in total. The van der Waals surface area contributed by atoms with Gasteiger partial charge in [-0.05, 0) is 62.5 Å². The van der Waals surface area contributed by atoms with E-state index in [0.717, 1.165) is 0 Å². The van der Waals surface area contributed by atoms with Crippen LogP contribution in [0.1, 0.15) is 150 Å². The summed E-state index contributed by atoms with van der Waals surface area (Å²) in [4.78, 5) is 65.4. The highest BCUT2D eigenvalue weighted by Crippen LogP contribution is 2.92. The Labute approximate surface area is 477 Å². The summed E-state index contributed by atoms with van der Waals surface area (Å²) < 4.78 is 80.4. The van der Waals surface area contributed by atoms with Crippen molar-refractivity contribution in [3.8, 4) is 0 Å². The van der Waals surface area contributed by atoms with E-state index in [0.29, 0.717) is 36.8 Å². The molecule has 2 aromatic rings. The van der Waals surface area contributed by atoms with Crippen molar-refractivity contribution in [3.63, 3.8) is 0 Å². The number of fused-ring (bicyclic) bond motifs is 6. The molecule has 452 valence electrons. The number of aliphatic hydroxyl groups is 5. The first-order valence-electron chi connectivity index (χ1n) is 29.1. The molecular formula is C60H74O23. The Morgan fingerprint density at radius 3 is 1.42 bits per heavy atom. The van der Waals surface area contributed by atoms with Crippen molar-refractivity contribution in [2.24, 2.45) is 56.2 Å². The second-order valence-electron chi connectivity index (χ2n) is 28.9. The van der Waals surface area contributed by atoms with E-state index in [1.807, 2.05) is 41.5 Å². The number of ether oxygens (including phenoxy) is 11. The highest BCUT2D eigenvalue weighted by Gasteiger charge is 3.06. The molecule has 26 unspecified atom stereocenters.